The van der Waals surface area contributed by atoms with Gasteiger partial charge in [0.2, 0.25) is 11.8 Å². The fourth-order valence-corrected chi connectivity index (χ4v) is 7.04. The summed E-state index contributed by atoms with van der Waals surface area (Å²) < 4.78 is 5.83. The molecule has 7 atom stereocenters. The van der Waals surface area contributed by atoms with Gasteiger partial charge >= 0.3 is 0 Å². The zero-order valence-electron chi connectivity index (χ0n) is 23.8. The number of ketones is 2. The number of carbonyl (C=O) groups excluding carboxylic acids is 4. The van der Waals surface area contributed by atoms with E-state index < -0.39 is 23.1 Å². The first kappa shape index (κ1) is 27.3. The normalized spacial score (nSPS) is 36.2. The third-order valence-corrected chi connectivity index (χ3v) is 8.81. The van der Waals surface area contributed by atoms with Crippen LogP contribution >= 0.6 is 0 Å². The molecule has 0 aromatic heterocycles. The molecular weight excluding hydrogens is 500 g/mol. The first-order valence-corrected chi connectivity index (χ1v) is 13.5. The number of Topliss-reactive ketones (excluding diaryl/α,β-unsaturated/α-hetero) is 2. The maximum atomic E-state index is 14.1. The van der Waals surface area contributed by atoms with E-state index >= 15 is 0 Å². The lowest BCUT2D eigenvalue weighted by molar-refractivity contribution is -0.126. The van der Waals surface area contributed by atoms with Gasteiger partial charge in [-0.15, -0.1) is 0 Å². The van der Waals surface area contributed by atoms with Gasteiger partial charge in [-0.1, -0.05) is 11.1 Å². The Labute approximate surface area is 228 Å². The summed E-state index contributed by atoms with van der Waals surface area (Å²) >= 11 is 0. The molecule has 10 heteroatoms. The molecule has 3 saturated heterocycles. The second kappa shape index (κ2) is 8.89. The van der Waals surface area contributed by atoms with Crippen LogP contribution in [0.3, 0.4) is 0 Å². The van der Waals surface area contributed by atoms with Gasteiger partial charge in [-0.25, -0.2) is 0 Å². The number of aliphatic hydroxyl groups excluding tert-OH is 1. The van der Waals surface area contributed by atoms with Crippen molar-refractivity contribution in [2.45, 2.75) is 110 Å². The minimum Gasteiger partial charge on any atom is -0.390 e. The van der Waals surface area contributed by atoms with Crippen LogP contribution < -0.4 is 10.6 Å². The van der Waals surface area contributed by atoms with Crippen LogP contribution in [-0.4, -0.2) is 79.8 Å². The number of allylic oxidation sites excluding steroid dienone is 2. The Hall–Kier alpha value is -3.24. The molecule has 0 aromatic carbocycles. The van der Waals surface area contributed by atoms with Crippen molar-refractivity contribution in [1.82, 2.24) is 20.4 Å². The number of amides is 2. The van der Waals surface area contributed by atoms with E-state index in [-0.39, 0.29) is 59.3 Å². The number of fused-ring (bicyclic) bond motifs is 4. The summed E-state index contributed by atoms with van der Waals surface area (Å²) in [6.45, 7) is 14.6. The number of hydrogen-bond acceptors (Lipinski definition) is 8. The van der Waals surface area contributed by atoms with Crippen LogP contribution in [0.5, 0.6) is 0 Å². The molecule has 3 fully saturated rings. The highest BCUT2D eigenvalue weighted by molar-refractivity contribution is 6.12. The number of nitrogens with one attached hydrogen (secondary N) is 2. The van der Waals surface area contributed by atoms with E-state index in [1.807, 2.05) is 39.5 Å². The summed E-state index contributed by atoms with van der Waals surface area (Å²) in [6, 6.07) is -0.379. The van der Waals surface area contributed by atoms with E-state index in [4.69, 9.17) is 4.74 Å². The molecule has 39 heavy (non-hydrogen) atoms. The SMILES string of the molecule is CC(C)=CC(=O)NC1=C(CC2=C(NC(=O)C=C(C)C)N3C(C)C4OC4C3(C)C2=O)C(=O)C2(C)C(O)CC(C)N12. The van der Waals surface area contributed by atoms with Gasteiger partial charge in [0.15, 0.2) is 11.6 Å². The van der Waals surface area contributed by atoms with Crippen molar-refractivity contribution in [2.75, 3.05) is 0 Å². The van der Waals surface area contributed by atoms with Crippen molar-refractivity contribution in [3.05, 3.63) is 46.1 Å². The number of morpholine rings is 1. The van der Waals surface area contributed by atoms with Crippen LogP contribution in [-0.2, 0) is 23.9 Å². The van der Waals surface area contributed by atoms with Crippen molar-refractivity contribution >= 4 is 23.4 Å². The Morgan fingerprint density at radius 1 is 0.923 bits per heavy atom. The molecule has 0 saturated carbocycles. The summed E-state index contributed by atoms with van der Waals surface area (Å²) in [7, 11) is 0. The van der Waals surface area contributed by atoms with Crippen molar-refractivity contribution in [2.24, 2.45) is 0 Å². The highest BCUT2D eigenvalue weighted by atomic mass is 16.6. The van der Waals surface area contributed by atoms with Crippen LogP contribution in [0.4, 0.5) is 0 Å². The number of ether oxygens (including phenoxy) is 1. The number of nitrogens with zero attached hydrogens (tertiary/aromatic N) is 2. The van der Waals surface area contributed by atoms with E-state index in [9.17, 15) is 24.3 Å². The predicted octanol–water partition coefficient (Wildman–Crippen LogP) is 1.57. The van der Waals surface area contributed by atoms with Crippen molar-refractivity contribution in [3.63, 3.8) is 0 Å². The molecule has 0 spiro atoms. The predicted molar refractivity (Wildman–Crippen MR) is 143 cm³/mol. The fourth-order valence-electron chi connectivity index (χ4n) is 7.04. The Morgan fingerprint density at radius 2 is 1.41 bits per heavy atom. The van der Waals surface area contributed by atoms with Crippen LogP contribution in [0.2, 0.25) is 0 Å². The zero-order chi connectivity index (χ0) is 28.8. The first-order chi connectivity index (χ1) is 18.1. The number of carbonyl (C=O) groups is 4. The summed E-state index contributed by atoms with van der Waals surface area (Å²) in [5.41, 5.74) is -0.158. The van der Waals surface area contributed by atoms with Crippen LogP contribution in [0, 0.1) is 0 Å². The molecule has 5 aliphatic rings. The van der Waals surface area contributed by atoms with Crippen LogP contribution in [0.1, 0.15) is 68.2 Å². The molecule has 0 aliphatic carbocycles. The monoisotopic (exact) mass is 538 g/mol. The Balaban J connectivity index is 1.63. The number of epoxide rings is 1. The number of rotatable bonds is 6. The van der Waals surface area contributed by atoms with Gasteiger partial charge in [0.25, 0.3) is 0 Å². The third-order valence-electron chi connectivity index (χ3n) is 8.81. The second-order valence-electron chi connectivity index (χ2n) is 12.3. The molecule has 0 bridgehead atoms. The van der Waals surface area contributed by atoms with Crippen LogP contribution in [0.25, 0.3) is 0 Å². The Kier molecular flexibility index (Phi) is 6.23. The van der Waals surface area contributed by atoms with Crippen molar-refractivity contribution in [3.8, 4) is 0 Å². The molecule has 210 valence electrons. The lowest BCUT2D eigenvalue weighted by Gasteiger charge is -2.35. The average Bonchev–Trinajstić information content (AvgIpc) is 3.44. The molecule has 0 aromatic rings. The number of hydrogen-bond donors (Lipinski definition) is 3. The Morgan fingerprint density at radius 3 is 1.92 bits per heavy atom. The average molecular weight is 539 g/mol. The Bertz CT molecular complexity index is 1240. The fraction of sp³-hybridized carbons (Fsp3) is 0.586. The van der Waals surface area contributed by atoms with Crippen LogP contribution in [0.15, 0.2) is 46.1 Å². The molecule has 3 N–H and O–H groups in total. The number of aliphatic hydroxyl groups is 1. The van der Waals surface area contributed by atoms with Gasteiger partial charge in [-0.2, -0.15) is 0 Å². The van der Waals surface area contributed by atoms with Gasteiger partial charge in [0, 0.05) is 35.8 Å². The molecule has 2 amide bonds. The minimum absolute atomic E-state index is 0.103. The van der Waals surface area contributed by atoms with E-state index in [0.29, 0.717) is 18.1 Å². The van der Waals surface area contributed by atoms with E-state index in [1.165, 1.54) is 12.2 Å². The smallest absolute Gasteiger partial charge is 0.249 e. The van der Waals surface area contributed by atoms with Gasteiger partial charge in [-0.05, 0) is 61.8 Å². The lowest BCUT2D eigenvalue weighted by atomic mass is 9.85. The maximum Gasteiger partial charge on any atom is 0.249 e. The summed E-state index contributed by atoms with van der Waals surface area (Å²) in [5, 5.41) is 16.8. The topological polar surface area (TPSA) is 132 Å². The highest BCUT2D eigenvalue weighted by Gasteiger charge is 2.73. The van der Waals surface area contributed by atoms with Crippen molar-refractivity contribution in [1.29, 1.82) is 0 Å². The molecule has 5 heterocycles. The highest BCUT2D eigenvalue weighted by Crippen LogP contribution is 2.55. The molecule has 7 unspecified atom stereocenters. The van der Waals surface area contributed by atoms with Gasteiger partial charge in [-0.3, -0.25) is 19.2 Å². The molecule has 5 rings (SSSR count). The van der Waals surface area contributed by atoms with Gasteiger partial charge < -0.3 is 30.3 Å². The molecule has 10 nitrogen and oxygen atoms in total. The lowest BCUT2D eigenvalue weighted by Crippen LogP contribution is -2.52. The quantitative estimate of drug-likeness (QED) is 0.343. The minimum atomic E-state index is -1.27. The van der Waals surface area contributed by atoms with Crippen molar-refractivity contribution < 1.29 is 29.0 Å². The largest absolute Gasteiger partial charge is 0.390 e. The summed E-state index contributed by atoms with van der Waals surface area (Å²) in [5.74, 6) is -0.647. The van der Waals surface area contributed by atoms with E-state index in [0.717, 1.165) is 11.1 Å². The second-order valence-corrected chi connectivity index (χ2v) is 12.3. The van der Waals surface area contributed by atoms with E-state index in [1.54, 1.807) is 25.7 Å². The summed E-state index contributed by atoms with van der Waals surface area (Å²) in [4.78, 5) is 57.6. The summed E-state index contributed by atoms with van der Waals surface area (Å²) in [6.07, 6.45) is 1.81. The standard InChI is InChI=1S/C29H38N4O6/c1-13(2)9-20(35)30-26-17(23(37)28(7)19(34)11-15(5)32(26)28)12-18-24(38)29(8)25-22(39-25)16(6)33(29)27(18)31-21(36)10-14(3)4/h9-10,15-16,19,22,25,34H,11-12H2,1-8H3,(H,30,35)(H,31,36). The van der Waals surface area contributed by atoms with Gasteiger partial charge in [0.1, 0.15) is 34.9 Å². The molecular formula is C29H38N4O6. The maximum absolute atomic E-state index is 14.1. The zero-order valence-corrected chi connectivity index (χ0v) is 23.8. The van der Waals surface area contributed by atoms with Gasteiger partial charge in [0.05, 0.1) is 12.1 Å². The third kappa shape index (κ3) is 3.82. The van der Waals surface area contributed by atoms with E-state index in [2.05, 4.69) is 10.6 Å². The molecule has 5 aliphatic heterocycles. The molecule has 0 radical (unpaired) electrons. The first-order valence-electron chi connectivity index (χ1n) is 13.5.